The van der Waals surface area contributed by atoms with Gasteiger partial charge in [-0.15, -0.1) is 0 Å². The second-order valence-corrected chi connectivity index (χ2v) is 4.24. The molecule has 0 spiro atoms. The molecule has 2 aromatic heterocycles. The largest absolute Gasteiger partial charge is 0.393 e. The van der Waals surface area contributed by atoms with Gasteiger partial charge in [-0.05, 0) is 18.6 Å². The van der Waals surface area contributed by atoms with Gasteiger partial charge < -0.3 is 5.73 Å². The smallest absolute Gasteiger partial charge is 0.280 e. The molecule has 0 saturated heterocycles. The van der Waals surface area contributed by atoms with Crippen LogP contribution in [-0.2, 0) is 0 Å². The Morgan fingerprint density at radius 1 is 1.48 bits per heavy atom. The minimum Gasteiger partial charge on any atom is -0.393 e. The highest BCUT2D eigenvalue weighted by Crippen LogP contribution is 2.31. The lowest BCUT2D eigenvalue weighted by Gasteiger charge is -2.14. The summed E-state index contributed by atoms with van der Waals surface area (Å²) in [5.74, 6) is 0.0620. The van der Waals surface area contributed by atoms with Gasteiger partial charge in [-0.3, -0.25) is 9.67 Å². The van der Waals surface area contributed by atoms with Crippen molar-refractivity contribution in [1.82, 2.24) is 14.8 Å². The summed E-state index contributed by atoms with van der Waals surface area (Å²) in [6.07, 6.45) is -1.33. The average molecular weight is 288 g/mol. The van der Waals surface area contributed by atoms with E-state index >= 15 is 0 Å². The van der Waals surface area contributed by atoms with Crippen LogP contribution >= 0.6 is 0 Å². The Labute approximate surface area is 119 Å². The van der Waals surface area contributed by atoms with Crippen molar-refractivity contribution in [2.24, 2.45) is 0 Å². The Hall–Kier alpha value is -3.00. The average Bonchev–Trinajstić information content (AvgIpc) is 2.82. The normalized spacial score (nSPS) is 11.9. The van der Waals surface area contributed by atoms with Crippen LogP contribution in [0.1, 0.15) is 36.3 Å². The third-order valence-electron chi connectivity index (χ3n) is 3.02. The van der Waals surface area contributed by atoms with Crippen molar-refractivity contribution in [2.75, 3.05) is 5.73 Å². The van der Waals surface area contributed by atoms with Gasteiger partial charge >= 0.3 is 0 Å². The van der Waals surface area contributed by atoms with E-state index in [1.165, 1.54) is 23.0 Å². The van der Waals surface area contributed by atoms with Crippen LogP contribution in [0.3, 0.4) is 0 Å². The number of alkyl halides is 2. The van der Waals surface area contributed by atoms with Crippen LogP contribution in [0.4, 0.5) is 20.3 Å². The number of hydrogen-bond acceptors (Lipinski definition) is 4. The zero-order valence-corrected chi connectivity index (χ0v) is 11.0. The van der Waals surface area contributed by atoms with Gasteiger partial charge in [-0.25, -0.2) is 13.6 Å². The summed E-state index contributed by atoms with van der Waals surface area (Å²) in [4.78, 5) is 6.85. The lowest BCUT2D eigenvalue weighted by molar-refractivity contribution is 0.146. The van der Waals surface area contributed by atoms with E-state index in [1.807, 2.05) is 0 Å². The van der Waals surface area contributed by atoms with Crippen molar-refractivity contribution in [3.05, 3.63) is 46.7 Å². The lowest BCUT2D eigenvalue weighted by Crippen LogP contribution is -2.12. The fraction of sp³-hybridized carbons (Fsp3) is 0.231. The quantitative estimate of drug-likeness (QED) is 0.880. The molecular formula is C13H10F2N6. The minimum atomic E-state index is -2.64. The molecule has 0 saturated carbocycles. The number of nitrogen functional groups attached to an aromatic ring is 1. The molecule has 2 heterocycles. The van der Waals surface area contributed by atoms with Gasteiger partial charge in [-0.2, -0.15) is 10.4 Å². The van der Waals surface area contributed by atoms with Gasteiger partial charge in [-0.1, -0.05) is 6.07 Å². The molecule has 8 heteroatoms. The molecule has 0 amide bonds. The van der Waals surface area contributed by atoms with Crippen molar-refractivity contribution in [3.63, 3.8) is 0 Å². The summed E-state index contributed by atoms with van der Waals surface area (Å²) < 4.78 is 26.2. The molecule has 0 radical (unpaired) electrons. The first-order valence-corrected chi connectivity index (χ1v) is 5.89. The molecule has 1 unspecified atom stereocenters. The predicted octanol–water partition coefficient (Wildman–Crippen LogP) is 2.83. The van der Waals surface area contributed by atoms with Crippen LogP contribution in [0, 0.1) is 17.9 Å². The van der Waals surface area contributed by atoms with E-state index in [0.717, 1.165) is 0 Å². The van der Waals surface area contributed by atoms with E-state index in [4.69, 9.17) is 17.6 Å². The second kappa shape index (κ2) is 5.55. The van der Waals surface area contributed by atoms with E-state index in [0.29, 0.717) is 5.56 Å². The van der Waals surface area contributed by atoms with Gasteiger partial charge in [0.05, 0.1) is 12.6 Å². The summed E-state index contributed by atoms with van der Waals surface area (Å²) in [7, 11) is 0. The maximum atomic E-state index is 12.5. The number of nitrogens with two attached hydrogens (primary N) is 1. The van der Waals surface area contributed by atoms with Gasteiger partial charge in [0, 0.05) is 6.20 Å². The maximum absolute atomic E-state index is 12.5. The highest BCUT2D eigenvalue weighted by atomic mass is 19.3. The monoisotopic (exact) mass is 288 g/mol. The molecular weight excluding hydrogens is 278 g/mol. The topological polar surface area (TPSA) is 84.9 Å². The zero-order chi connectivity index (χ0) is 15.6. The van der Waals surface area contributed by atoms with Crippen LogP contribution in [0.15, 0.2) is 18.3 Å². The third kappa shape index (κ3) is 2.51. The minimum absolute atomic E-state index is 0.0125. The number of anilines is 1. The number of halogens is 2. The van der Waals surface area contributed by atoms with Gasteiger partial charge in [0.15, 0.2) is 5.69 Å². The zero-order valence-electron chi connectivity index (χ0n) is 11.0. The van der Waals surface area contributed by atoms with Gasteiger partial charge in [0.25, 0.3) is 12.1 Å². The Morgan fingerprint density at radius 2 is 2.19 bits per heavy atom. The molecule has 0 aliphatic heterocycles. The molecule has 1 atom stereocenters. The van der Waals surface area contributed by atoms with Crippen LogP contribution in [0.2, 0.25) is 0 Å². The van der Waals surface area contributed by atoms with Crippen molar-refractivity contribution in [3.8, 4) is 6.07 Å². The molecule has 21 heavy (non-hydrogen) atoms. The van der Waals surface area contributed by atoms with Gasteiger partial charge in [0.2, 0.25) is 0 Å². The first-order valence-electron chi connectivity index (χ1n) is 5.89. The summed E-state index contributed by atoms with van der Waals surface area (Å²) in [5, 5.41) is 12.9. The Kier molecular flexibility index (Phi) is 3.81. The second-order valence-electron chi connectivity index (χ2n) is 4.24. The fourth-order valence-corrected chi connectivity index (χ4v) is 1.85. The first kappa shape index (κ1) is 14.4. The molecule has 2 rings (SSSR count). The number of aromatic nitrogens is 3. The van der Waals surface area contributed by atoms with Crippen molar-refractivity contribution >= 4 is 11.5 Å². The highest BCUT2D eigenvalue weighted by Gasteiger charge is 2.20. The maximum Gasteiger partial charge on any atom is 0.280 e. The van der Waals surface area contributed by atoms with Crippen LogP contribution in [-0.4, -0.2) is 14.8 Å². The number of hydrogen-bond donors (Lipinski definition) is 1. The number of nitrogens with zero attached hydrogens (tertiary/aromatic N) is 5. The van der Waals surface area contributed by atoms with Crippen LogP contribution < -0.4 is 5.73 Å². The van der Waals surface area contributed by atoms with Crippen LogP contribution in [0.5, 0.6) is 0 Å². The molecule has 0 bridgehead atoms. The van der Waals surface area contributed by atoms with E-state index < -0.39 is 12.5 Å². The van der Waals surface area contributed by atoms with Crippen molar-refractivity contribution in [1.29, 1.82) is 5.26 Å². The molecule has 106 valence electrons. The first-order chi connectivity index (χ1) is 9.99. The lowest BCUT2D eigenvalue weighted by atomic mass is 10.1. The Bertz CT molecular complexity index is 736. The number of pyridine rings is 1. The van der Waals surface area contributed by atoms with Gasteiger partial charge in [0.1, 0.15) is 17.6 Å². The summed E-state index contributed by atoms with van der Waals surface area (Å²) in [6.45, 7) is 8.73. The molecule has 0 fully saturated rings. The standard InChI is InChI=1S/C13H10F2N6/c1-7(8-3-4-9(12(14)15)19-6-8)21-13(17)11(18-2)10(5-16)20-21/h3-4,6-7,12H,17H2,1H3. The van der Waals surface area contributed by atoms with Crippen LogP contribution in [0.25, 0.3) is 4.85 Å². The predicted molar refractivity (Wildman–Crippen MR) is 70.6 cm³/mol. The third-order valence-corrected chi connectivity index (χ3v) is 3.02. The molecule has 2 aromatic rings. The Morgan fingerprint density at radius 3 is 2.62 bits per heavy atom. The van der Waals surface area contributed by atoms with Crippen molar-refractivity contribution in [2.45, 2.75) is 19.4 Å². The van der Waals surface area contributed by atoms with E-state index in [-0.39, 0.29) is 22.9 Å². The van der Waals surface area contributed by atoms with E-state index in [2.05, 4.69) is 14.9 Å². The van der Waals surface area contributed by atoms with E-state index in [1.54, 1.807) is 13.0 Å². The SMILES string of the molecule is [C-]#[N+]c1c(C#N)nn(C(C)c2ccc(C(F)F)nc2)c1N. The highest BCUT2D eigenvalue weighted by molar-refractivity contribution is 5.70. The molecule has 0 aliphatic carbocycles. The summed E-state index contributed by atoms with van der Waals surface area (Å²) >= 11 is 0. The Balaban J connectivity index is 2.41. The molecule has 0 aromatic carbocycles. The summed E-state index contributed by atoms with van der Waals surface area (Å²) in [5.41, 5.74) is 6.00. The van der Waals surface area contributed by atoms with E-state index in [9.17, 15) is 8.78 Å². The van der Waals surface area contributed by atoms with Crippen molar-refractivity contribution < 1.29 is 8.78 Å². The fourth-order valence-electron chi connectivity index (χ4n) is 1.85. The number of rotatable bonds is 3. The molecule has 0 aliphatic rings. The number of nitriles is 1. The molecule has 6 nitrogen and oxygen atoms in total. The summed E-state index contributed by atoms with van der Waals surface area (Å²) in [6, 6.07) is 4.07. The molecule has 2 N–H and O–H groups in total.